The molecule has 0 radical (unpaired) electrons. The molecule has 8 heteroatoms. The van der Waals surface area contributed by atoms with E-state index in [2.05, 4.69) is 19.9 Å². The highest BCUT2D eigenvalue weighted by molar-refractivity contribution is 7.10. The van der Waals surface area contributed by atoms with Gasteiger partial charge in [-0.05, 0) is 26.7 Å². The summed E-state index contributed by atoms with van der Waals surface area (Å²) in [7, 11) is 1.64. The van der Waals surface area contributed by atoms with Crippen molar-refractivity contribution in [3.63, 3.8) is 0 Å². The number of ether oxygens (including phenoxy) is 2. The summed E-state index contributed by atoms with van der Waals surface area (Å²) in [6.45, 7) is 5.39. The van der Waals surface area contributed by atoms with Crippen molar-refractivity contribution in [3.8, 4) is 0 Å². The Morgan fingerprint density at radius 1 is 1.40 bits per heavy atom. The van der Waals surface area contributed by atoms with E-state index in [0.29, 0.717) is 24.7 Å². The number of carbonyl (C=O) groups excluding carboxylic acids is 1. The number of hydrogen-bond donors (Lipinski definition) is 0. The second kappa shape index (κ2) is 7.88. The van der Waals surface area contributed by atoms with Gasteiger partial charge in [0.1, 0.15) is 17.4 Å². The average molecular weight is 362 g/mol. The third kappa shape index (κ3) is 3.96. The first-order valence-corrected chi connectivity index (χ1v) is 9.23. The molecule has 0 unspecified atom stereocenters. The Bertz CT molecular complexity index is 749. The molecular formula is C17H22N4O3S. The predicted octanol–water partition coefficient (Wildman–Crippen LogP) is 2.91. The van der Waals surface area contributed by atoms with Crippen LogP contribution in [0.15, 0.2) is 11.4 Å². The largest absolute Gasteiger partial charge is 0.461 e. The van der Waals surface area contributed by atoms with Gasteiger partial charge in [-0.1, -0.05) is 0 Å². The topological polar surface area (TPSA) is 77.4 Å². The van der Waals surface area contributed by atoms with E-state index in [1.165, 1.54) is 11.3 Å². The number of rotatable bonds is 6. The van der Waals surface area contributed by atoms with E-state index in [1.54, 1.807) is 19.4 Å². The summed E-state index contributed by atoms with van der Waals surface area (Å²) < 4.78 is 10.2. The maximum atomic E-state index is 11.9. The first-order valence-electron chi connectivity index (χ1n) is 8.35. The summed E-state index contributed by atoms with van der Waals surface area (Å²) in [5.41, 5.74) is 1.29. The molecule has 1 atom stereocenters. The molecule has 1 aliphatic heterocycles. The zero-order valence-electron chi connectivity index (χ0n) is 14.7. The van der Waals surface area contributed by atoms with Gasteiger partial charge in [-0.3, -0.25) is 0 Å². The summed E-state index contributed by atoms with van der Waals surface area (Å²) in [4.78, 5) is 27.6. The van der Waals surface area contributed by atoms with Crippen LogP contribution in [0.2, 0.25) is 0 Å². The van der Waals surface area contributed by atoms with E-state index in [9.17, 15) is 4.79 Å². The maximum Gasteiger partial charge on any atom is 0.357 e. The monoisotopic (exact) mass is 362 g/mol. The Balaban J connectivity index is 1.85. The van der Waals surface area contributed by atoms with E-state index in [4.69, 9.17) is 9.47 Å². The lowest BCUT2D eigenvalue weighted by Crippen LogP contribution is -2.24. The lowest BCUT2D eigenvalue weighted by atomic mass is 10.2. The highest BCUT2D eigenvalue weighted by Gasteiger charge is 2.30. The number of nitrogens with zero attached hydrogens (tertiary/aromatic N) is 4. The Kier molecular flexibility index (Phi) is 5.60. The third-order valence-corrected chi connectivity index (χ3v) is 4.95. The van der Waals surface area contributed by atoms with Gasteiger partial charge >= 0.3 is 5.97 Å². The Labute approximate surface area is 151 Å². The van der Waals surface area contributed by atoms with Crippen molar-refractivity contribution in [2.75, 3.05) is 25.2 Å². The van der Waals surface area contributed by atoms with E-state index in [1.807, 2.05) is 13.0 Å². The van der Waals surface area contributed by atoms with Crippen LogP contribution in [0.25, 0.3) is 0 Å². The number of carbonyl (C=O) groups is 1. The fraction of sp³-hybridized carbons (Fsp3) is 0.529. The zero-order chi connectivity index (χ0) is 17.8. The summed E-state index contributed by atoms with van der Waals surface area (Å²) in [5.74, 6) is 1.19. The molecule has 7 nitrogen and oxygen atoms in total. The molecule has 3 heterocycles. The van der Waals surface area contributed by atoms with Gasteiger partial charge < -0.3 is 14.4 Å². The van der Waals surface area contributed by atoms with Crippen LogP contribution in [0.3, 0.4) is 0 Å². The van der Waals surface area contributed by atoms with Crippen molar-refractivity contribution in [2.45, 2.75) is 39.3 Å². The van der Waals surface area contributed by atoms with Crippen LogP contribution in [0.1, 0.15) is 52.8 Å². The van der Waals surface area contributed by atoms with Crippen LogP contribution in [0.5, 0.6) is 0 Å². The van der Waals surface area contributed by atoms with Crippen molar-refractivity contribution < 1.29 is 14.3 Å². The molecule has 1 aliphatic rings. The summed E-state index contributed by atoms with van der Waals surface area (Å²) >= 11 is 1.50. The molecule has 3 rings (SSSR count). The number of esters is 1. The number of aromatic nitrogens is 3. The van der Waals surface area contributed by atoms with Gasteiger partial charge in [-0.15, -0.1) is 11.3 Å². The SMILES string of the molecule is CCOC(=O)c1csc([C@@H]2CCCN2c2cc(C)nc(COC)n2)n1. The van der Waals surface area contributed by atoms with Crippen molar-refractivity contribution in [2.24, 2.45) is 0 Å². The molecule has 0 N–H and O–H groups in total. The molecule has 0 saturated carbocycles. The summed E-state index contributed by atoms with van der Waals surface area (Å²) in [6, 6.07) is 2.11. The van der Waals surface area contributed by atoms with E-state index in [-0.39, 0.29) is 12.0 Å². The number of anilines is 1. The number of thiazole rings is 1. The molecule has 0 aromatic carbocycles. The quantitative estimate of drug-likeness (QED) is 0.731. The lowest BCUT2D eigenvalue weighted by Gasteiger charge is -2.24. The second-order valence-electron chi connectivity index (χ2n) is 5.86. The van der Waals surface area contributed by atoms with Crippen LogP contribution in [0.4, 0.5) is 5.82 Å². The zero-order valence-corrected chi connectivity index (χ0v) is 15.5. The molecule has 1 saturated heterocycles. The number of aryl methyl sites for hydroxylation is 1. The van der Waals surface area contributed by atoms with Gasteiger partial charge in [0.25, 0.3) is 0 Å². The maximum absolute atomic E-state index is 11.9. The number of methoxy groups -OCH3 is 1. The molecule has 0 bridgehead atoms. The smallest absolute Gasteiger partial charge is 0.357 e. The van der Waals surface area contributed by atoms with Gasteiger partial charge in [0, 0.05) is 30.8 Å². The minimum absolute atomic E-state index is 0.123. The highest BCUT2D eigenvalue weighted by Crippen LogP contribution is 2.36. The molecule has 2 aromatic heterocycles. The normalized spacial score (nSPS) is 17.1. The Morgan fingerprint density at radius 3 is 3.00 bits per heavy atom. The molecular weight excluding hydrogens is 340 g/mol. The van der Waals surface area contributed by atoms with Gasteiger partial charge in [-0.25, -0.2) is 19.7 Å². The third-order valence-electron chi connectivity index (χ3n) is 4.00. The van der Waals surface area contributed by atoms with Crippen LogP contribution in [0, 0.1) is 6.92 Å². The van der Waals surface area contributed by atoms with Crippen LogP contribution >= 0.6 is 11.3 Å². The van der Waals surface area contributed by atoms with E-state index < -0.39 is 0 Å². The fourth-order valence-electron chi connectivity index (χ4n) is 2.99. The first-order chi connectivity index (χ1) is 12.1. The summed E-state index contributed by atoms with van der Waals surface area (Å²) in [5, 5.41) is 2.69. The van der Waals surface area contributed by atoms with Crippen molar-refractivity contribution in [1.29, 1.82) is 0 Å². The molecule has 0 aliphatic carbocycles. The number of hydrogen-bond acceptors (Lipinski definition) is 8. The van der Waals surface area contributed by atoms with Crippen LogP contribution in [-0.4, -0.2) is 41.2 Å². The van der Waals surface area contributed by atoms with Gasteiger partial charge in [0.15, 0.2) is 11.5 Å². The van der Waals surface area contributed by atoms with Gasteiger partial charge in [0.05, 0.1) is 12.6 Å². The summed E-state index contributed by atoms with van der Waals surface area (Å²) in [6.07, 6.45) is 2.04. The van der Waals surface area contributed by atoms with Crippen molar-refractivity contribution in [1.82, 2.24) is 15.0 Å². The Morgan fingerprint density at radius 2 is 2.24 bits per heavy atom. The van der Waals surface area contributed by atoms with E-state index >= 15 is 0 Å². The minimum atomic E-state index is -0.366. The predicted molar refractivity (Wildman–Crippen MR) is 94.9 cm³/mol. The van der Waals surface area contributed by atoms with Crippen molar-refractivity contribution in [3.05, 3.63) is 33.7 Å². The van der Waals surface area contributed by atoms with Gasteiger partial charge in [0.2, 0.25) is 0 Å². The fourth-order valence-corrected chi connectivity index (χ4v) is 3.92. The van der Waals surface area contributed by atoms with Crippen molar-refractivity contribution >= 4 is 23.1 Å². The molecule has 25 heavy (non-hydrogen) atoms. The molecule has 0 spiro atoms. The first kappa shape index (κ1) is 17.8. The van der Waals surface area contributed by atoms with Crippen LogP contribution in [-0.2, 0) is 16.1 Å². The second-order valence-corrected chi connectivity index (χ2v) is 6.75. The molecule has 134 valence electrons. The van der Waals surface area contributed by atoms with Gasteiger partial charge in [-0.2, -0.15) is 0 Å². The molecule has 0 amide bonds. The standard InChI is InChI=1S/C17H22N4O3S/c1-4-24-17(22)12-10-25-16(19-12)13-6-5-7-21(13)15-8-11(2)18-14(20-15)9-23-3/h8,10,13H,4-7,9H2,1-3H3/t13-/m0/s1. The van der Waals surface area contributed by atoms with E-state index in [0.717, 1.165) is 35.9 Å². The minimum Gasteiger partial charge on any atom is -0.461 e. The Hall–Kier alpha value is -2.06. The highest BCUT2D eigenvalue weighted by atomic mass is 32.1. The molecule has 2 aromatic rings. The average Bonchev–Trinajstić information content (AvgIpc) is 3.24. The molecule has 1 fully saturated rings. The lowest BCUT2D eigenvalue weighted by molar-refractivity contribution is 0.0520. The van der Waals surface area contributed by atoms with Crippen LogP contribution < -0.4 is 4.90 Å².